The minimum absolute atomic E-state index is 0.0457. The predicted molar refractivity (Wildman–Crippen MR) is 131 cm³/mol. The van der Waals surface area contributed by atoms with Crippen LogP contribution in [0.25, 0.3) is 0 Å². The number of hydrogen-bond donors (Lipinski definition) is 0. The Balaban J connectivity index is 1.43. The van der Waals surface area contributed by atoms with Gasteiger partial charge in [-0.05, 0) is 43.0 Å². The van der Waals surface area contributed by atoms with E-state index in [1.54, 1.807) is 31.3 Å². The number of benzene rings is 2. The predicted octanol–water partition coefficient (Wildman–Crippen LogP) is 3.99. The molecule has 0 spiro atoms. The summed E-state index contributed by atoms with van der Waals surface area (Å²) in [4.78, 5) is 17.7. The zero-order chi connectivity index (χ0) is 23.3. The van der Waals surface area contributed by atoms with Gasteiger partial charge in [-0.1, -0.05) is 55.7 Å². The third kappa shape index (κ3) is 5.83. The van der Waals surface area contributed by atoms with Gasteiger partial charge in [-0.15, -0.1) is 0 Å². The largest absolute Gasteiger partial charge is 0.337 e. The summed E-state index contributed by atoms with van der Waals surface area (Å²) >= 11 is 0. The molecule has 178 valence electrons. The molecule has 1 saturated heterocycles. The Morgan fingerprint density at radius 3 is 2.42 bits per heavy atom. The van der Waals surface area contributed by atoms with E-state index < -0.39 is 10.0 Å². The molecule has 0 bridgehead atoms. The summed E-state index contributed by atoms with van der Waals surface area (Å²) in [7, 11) is -1.95. The van der Waals surface area contributed by atoms with Crippen molar-refractivity contribution in [2.45, 2.75) is 56.0 Å². The molecule has 1 aliphatic heterocycles. The summed E-state index contributed by atoms with van der Waals surface area (Å²) < 4.78 is 28.0. The van der Waals surface area contributed by atoms with Crippen molar-refractivity contribution in [2.75, 3.05) is 33.2 Å². The number of hydrogen-bond acceptors (Lipinski definition) is 4. The van der Waals surface area contributed by atoms with E-state index in [2.05, 4.69) is 29.2 Å². The maximum atomic E-state index is 13.3. The van der Waals surface area contributed by atoms with E-state index in [4.69, 9.17) is 0 Å². The van der Waals surface area contributed by atoms with Gasteiger partial charge >= 0.3 is 0 Å². The van der Waals surface area contributed by atoms with Crippen molar-refractivity contribution >= 4 is 15.9 Å². The summed E-state index contributed by atoms with van der Waals surface area (Å²) in [6.45, 7) is 3.96. The van der Waals surface area contributed by atoms with Gasteiger partial charge < -0.3 is 4.90 Å². The maximum Gasteiger partial charge on any atom is 0.253 e. The van der Waals surface area contributed by atoms with Gasteiger partial charge in [-0.25, -0.2) is 8.42 Å². The molecule has 0 unspecified atom stereocenters. The second-order valence-electron chi connectivity index (χ2n) is 9.25. The van der Waals surface area contributed by atoms with Crippen LogP contribution in [-0.2, 0) is 16.6 Å². The average molecular weight is 470 g/mol. The first-order valence-electron chi connectivity index (χ1n) is 12.1. The Kier molecular flexibility index (Phi) is 7.83. The molecular weight excluding hydrogens is 434 g/mol. The molecule has 1 amide bonds. The average Bonchev–Trinajstić information content (AvgIpc) is 3.10. The smallest absolute Gasteiger partial charge is 0.253 e. The fraction of sp³-hybridized carbons (Fsp3) is 0.500. The highest BCUT2D eigenvalue weighted by Gasteiger charge is 2.30. The third-order valence-electron chi connectivity index (χ3n) is 6.97. The monoisotopic (exact) mass is 469 g/mol. The Morgan fingerprint density at radius 1 is 0.909 bits per heavy atom. The first-order chi connectivity index (χ1) is 15.9. The van der Waals surface area contributed by atoms with Gasteiger partial charge in [0.05, 0.1) is 4.90 Å². The van der Waals surface area contributed by atoms with E-state index in [9.17, 15) is 13.2 Å². The summed E-state index contributed by atoms with van der Waals surface area (Å²) in [5.74, 6) is -0.0890. The normalized spacial score (nSPS) is 18.9. The van der Waals surface area contributed by atoms with Crippen molar-refractivity contribution in [2.24, 2.45) is 0 Å². The molecule has 6 nitrogen and oxygen atoms in total. The van der Waals surface area contributed by atoms with Gasteiger partial charge in [0.25, 0.3) is 5.91 Å². The van der Waals surface area contributed by atoms with E-state index in [1.807, 2.05) is 11.0 Å². The first-order valence-corrected chi connectivity index (χ1v) is 13.5. The molecule has 2 aliphatic rings. The van der Waals surface area contributed by atoms with Crippen LogP contribution in [0.1, 0.15) is 54.4 Å². The van der Waals surface area contributed by atoms with Crippen LogP contribution in [0.2, 0.25) is 0 Å². The van der Waals surface area contributed by atoms with Crippen LogP contribution in [0.4, 0.5) is 0 Å². The van der Waals surface area contributed by atoms with Crippen LogP contribution in [-0.4, -0.2) is 67.7 Å². The van der Waals surface area contributed by atoms with Crippen LogP contribution in [0, 0.1) is 0 Å². The second-order valence-corrected chi connectivity index (χ2v) is 11.2. The van der Waals surface area contributed by atoms with Crippen LogP contribution in [0.15, 0.2) is 59.5 Å². The number of sulfonamides is 1. The van der Waals surface area contributed by atoms with E-state index in [1.165, 1.54) is 16.3 Å². The lowest BCUT2D eigenvalue weighted by atomic mass is 9.96. The van der Waals surface area contributed by atoms with Gasteiger partial charge in [0.15, 0.2) is 0 Å². The highest BCUT2D eigenvalue weighted by molar-refractivity contribution is 7.89. The van der Waals surface area contributed by atoms with Crippen molar-refractivity contribution in [3.8, 4) is 0 Å². The van der Waals surface area contributed by atoms with E-state index in [0.717, 1.165) is 51.7 Å². The van der Waals surface area contributed by atoms with Crippen molar-refractivity contribution in [1.29, 1.82) is 0 Å². The van der Waals surface area contributed by atoms with Crippen molar-refractivity contribution in [3.05, 3.63) is 65.7 Å². The van der Waals surface area contributed by atoms with Crippen LogP contribution in [0.5, 0.6) is 0 Å². The highest BCUT2D eigenvalue weighted by Crippen LogP contribution is 2.27. The zero-order valence-electron chi connectivity index (χ0n) is 19.5. The highest BCUT2D eigenvalue weighted by atomic mass is 32.2. The van der Waals surface area contributed by atoms with Crippen molar-refractivity contribution < 1.29 is 13.2 Å². The Hall–Kier alpha value is -2.22. The van der Waals surface area contributed by atoms with Gasteiger partial charge in [0, 0.05) is 51.4 Å². The number of nitrogens with zero attached hydrogens (tertiary/aromatic N) is 3. The molecule has 1 heterocycles. The molecule has 2 aromatic carbocycles. The number of rotatable bonds is 6. The maximum absolute atomic E-state index is 13.3. The quantitative estimate of drug-likeness (QED) is 0.642. The molecule has 2 aromatic rings. The molecule has 0 atom stereocenters. The van der Waals surface area contributed by atoms with Crippen LogP contribution < -0.4 is 0 Å². The second kappa shape index (κ2) is 10.8. The molecule has 33 heavy (non-hydrogen) atoms. The summed E-state index contributed by atoms with van der Waals surface area (Å²) in [5, 5.41) is 0. The molecule has 7 heteroatoms. The Labute approximate surface area is 198 Å². The standard InChI is InChI=1S/C26H35N3O3S/c1-27(24-13-6-3-7-14-24)33(31,32)25-15-8-12-23(20-25)26(30)29-17-9-16-28(18-19-29)21-22-10-4-2-5-11-22/h2,4-5,8,10-12,15,20,24H,3,6-7,9,13-14,16-19,21H2,1H3. The van der Waals surface area contributed by atoms with Crippen LogP contribution >= 0.6 is 0 Å². The molecule has 4 rings (SSSR count). The van der Waals surface area contributed by atoms with Gasteiger partial charge in [-0.2, -0.15) is 4.31 Å². The summed E-state index contributed by atoms with van der Waals surface area (Å²) in [6, 6.07) is 17.0. The number of amides is 1. The molecule has 2 fully saturated rings. The summed E-state index contributed by atoms with van der Waals surface area (Å²) in [5.41, 5.74) is 1.72. The Morgan fingerprint density at radius 2 is 1.67 bits per heavy atom. The van der Waals surface area contributed by atoms with Gasteiger partial charge in [0.1, 0.15) is 0 Å². The molecule has 1 aliphatic carbocycles. The van der Waals surface area contributed by atoms with E-state index in [-0.39, 0.29) is 16.8 Å². The number of carbonyl (C=O) groups is 1. The lowest BCUT2D eigenvalue weighted by molar-refractivity contribution is 0.0761. The lowest BCUT2D eigenvalue weighted by Crippen LogP contribution is -2.38. The molecule has 1 saturated carbocycles. The Bertz CT molecular complexity index is 1040. The fourth-order valence-electron chi connectivity index (χ4n) is 4.95. The van der Waals surface area contributed by atoms with E-state index >= 15 is 0 Å². The minimum Gasteiger partial charge on any atom is -0.337 e. The molecule has 0 aromatic heterocycles. The van der Waals surface area contributed by atoms with Gasteiger partial charge in [0.2, 0.25) is 10.0 Å². The molecule has 0 radical (unpaired) electrons. The number of carbonyl (C=O) groups excluding carboxylic acids is 1. The SMILES string of the molecule is CN(C1CCCCC1)S(=O)(=O)c1cccc(C(=O)N2CCCN(Cc3ccccc3)CC2)c1. The lowest BCUT2D eigenvalue weighted by Gasteiger charge is -2.30. The first kappa shape index (κ1) is 23.9. The third-order valence-corrected chi connectivity index (χ3v) is 8.88. The van der Waals surface area contributed by atoms with Crippen molar-refractivity contribution in [1.82, 2.24) is 14.1 Å². The van der Waals surface area contributed by atoms with Gasteiger partial charge in [-0.3, -0.25) is 9.69 Å². The minimum atomic E-state index is -3.62. The van der Waals surface area contributed by atoms with E-state index in [0.29, 0.717) is 18.7 Å². The molecule has 0 N–H and O–H groups in total. The fourth-order valence-corrected chi connectivity index (χ4v) is 6.42. The summed E-state index contributed by atoms with van der Waals surface area (Å²) in [6.07, 6.45) is 6.02. The van der Waals surface area contributed by atoms with Crippen molar-refractivity contribution in [3.63, 3.8) is 0 Å². The molecular formula is C26H35N3O3S. The zero-order valence-corrected chi connectivity index (χ0v) is 20.3. The van der Waals surface area contributed by atoms with Crippen LogP contribution in [0.3, 0.4) is 0 Å². The topological polar surface area (TPSA) is 60.9 Å².